The summed E-state index contributed by atoms with van der Waals surface area (Å²) >= 11 is 0. The molecule has 2 amide bonds. The number of amides is 2. The molecule has 3 aliphatic rings. The molecule has 1 aliphatic carbocycles. The van der Waals surface area contributed by atoms with Crippen LogP contribution in [-0.2, 0) is 9.59 Å². The lowest BCUT2D eigenvalue weighted by Crippen LogP contribution is -2.50. The summed E-state index contributed by atoms with van der Waals surface area (Å²) in [6, 6.07) is 6.20. The van der Waals surface area contributed by atoms with E-state index in [0.29, 0.717) is 6.54 Å². The third kappa shape index (κ3) is 4.00. The van der Waals surface area contributed by atoms with Crippen molar-refractivity contribution in [3.8, 4) is 0 Å². The molecule has 1 N–H and O–H groups in total. The summed E-state index contributed by atoms with van der Waals surface area (Å²) < 4.78 is 0. The zero-order valence-corrected chi connectivity index (χ0v) is 15.3. The van der Waals surface area contributed by atoms with E-state index in [-0.39, 0.29) is 29.7 Å². The first-order valence-electron chi connectivity index (χ1n) is 9.96. The molecule has 1 aromatic heterocycles. The van der Waals surface area contributed by atoms with Crippen LogP contribution in [-0.4, -0.2) is 53.9 Å². The molecule has 1 saturated carbocycles. The Hall–Kier alpha value is -2.11. The topological polar surface area (TPSA) is 65.5 Å². The largest absolute Gasteiger partial charge is 0.356 e. The molecule has 0 aromatic carbocycles. The lowest BCUT2D eigenvalue weighted by molar-refractivity contribution is -0.137. The number of hydrogen-bond acceptors (Lipinski definition) is 4. The Balaban J connectivity index is 1.25. The summed E-state index contributed by atoms with van der Waals surface area (Å²) in [6.07, 6.45) is 7.60. The summed E-state index contributed by atoms with van der Waals surface area (Å²) in [5.41, 5.74) is 0. The number of likely N-dealkylation sites (tertiary alicyclic amines) is 1. The van der Waals surface area contributed by atoms with Crippen LogP contribution in [0.1, 0.15) is 38.5 Å². The monoisotopic (exact) mass is 356 g/mol. The number of anilines is 1. The van der Waals surface area contributed by atoms with Crippen molar-refractivity contribution in [3.63, 3.8) is 0 Å². The number of nitrogens with one attached hydrogen (secondary N) is 1. The molecule has 1 unspecified atom stereocenters. The lowest BCUT2D eigenvalue weighted by atomic mass is 9.95. The molecule has 6 nitrogen and oxygen atoms in total. The van der Waals surface area contributed by atoms with Crippen molar-refractivity contribution in [1.82, 2.24) is 15.2 Å². The van der Waals surface area contributed by atoms with Gasteiger partial charge in [-0.2, -0.15) is 0 Å². The zero-order valence-electron chi connectivity index (χ0n) is 15.3. The molecule has 4 rings (SSSR count). The summed E-state index contributed by atoms with van der Waals surface area (Å²) in [5.74, 6) is 1.62. The minimum atomic E-state index is -0.0414. The van der Waals surface area contributed by atoms with Crippen LogP contribution in [0.3, 0.4) is 0 Å². The second-order valence-electron chi connectivity index (χ2n) is 7.86. The third-order valence-electron chi connectivity index (χ3n) is 5.85. The number of carbonyl (C=O) groups excluding carboxylic acids is 2. The van der Waals surface area contributed by atoms with Gasteiger partial charge in [-0.05, 0) is 50.7 Å². The number of nitrogens with zero attached hydrogens (tertiary/aromatic N) is 3. The van der Waals surface area contributed by atoms with Crippen molar-refractivity contribution in [2.75, 3.05) is 31.1 Å². The standard InChI is InChI=1S/C20H28N4O2/c25-19(16-4-3-11-24(14-16)20(26)15-6-7-15)22-17-8-12-23(13-9-17)18-5-1-2-10-21-18/h1-2,5,10,15-17H,3-4,6-9,11-14H2,(H,22,25). The van der Waals surface area contributed by atoms with Gasteiger partial charge in [-0.3, -0.25) is 9.59 Å². The number of carbonyl (C=O) groups is 2. The van der Waals surface area contributed by atoms with Crippen LogP contribution < -0.4 is 10.2 Å². The van der Waals surface area contributed by atoms with E-state index in [1.807, 2.05) is 29.3 Å². The quantitative estimate of drug-likeness (QED) is 0.894. The lowest BCUT2D eigenvalue weighted by Gasteiger charge is -2.36. The number of pyridine rings is 1. The predicted octanol–water partition coefficient (Wildman–Crippen LogP) is 1.82. The highest BCUT2D eigenvalue weighted by Gasteiger charge is 2.37. The van der Waals surface area contributed by atoms with Crippen molar-refractivity contribution in [3.05, 3.63) is 24.4 Å². The van der Waals surface area contributed by atoms with Gasteiger partial charge in [-0.15, -0.1) is 0 Å². The Morgan fingerprint density at radius 3 is 2.50 bits per heavy atom. The van der Waals surface area contributed by atoms with Gasteiger partial charge in [0, 0.05) is 44.3 Å². The van der Waals surface area contributed by atoms with E-state index in [0.717, 1.165) is 64.0 Å². The van der Waals surface area contributed by atoms with E-state index in [2.05, 4.69) is 15.2 Å². The number of hydrogen-bond donors (Lipinski definition) is 1. The second-order valence-corrected chi connectivity index (χ2v) is 7.86. The van der Waals surface area contributed by atoms with E-state index >= 15 is 0 Å². The maximum Gasteiger partial charge on any atom is 0.225 e. The second kappa shape index (κ2) is 7.64. The van der Waals surface area contributed by atoms with Crippen LogP contribution >= 0.6 is 0 Å². The predicted molar refractivity (Wildman–Crippen MR) is 99.6 cm³/mol. The van der Waals surface area contributed by atoms with Crippen molar-refractivity contribution in [1.29, 1.82) is 0 Å². The van der Waals surface area contributed by atoms with E-state index in [9.17, 15) is 9.59 Å². The van der Waals surface area contributed by atoms with Crippen LogP contribution in [0, 0.1) is 11.8 Å². The Morgan fingerprint density at radius 1 is 1.00 bits per heavy atom. The first-order chi connectivity index (χ1) is 12.7. The summed E-state index contributed by atoms with van der Waals surface area (Å²) in [4.78, 5) is 33.6. The molecule has 26 heavy (non-hydrogen) atoms. The fourth-order valence-electron chi connectivity index (χ4n) is 4.09. The fraction of sp³-hybridized carbons (Fsp3) is 0.650. The van der Waals surface area contributed by atoms with Gasteiger partial charge in [0.15, 0.2) is 0 Å². The summed E-state index contributed by atoms with van der Waals surface area (Å²) in [7, 11) is 0. The van der Waals surface area contributed by atoms with E-state index in [4.69, 9.17) is 0 Å². The molecule has 1 aromatic rings. The van der Waals surface area contributed by atoms with Crippen LogP contribution in [0.25, 0.3) is 0 Å². The molecule has 2 aliphatic heterocycles. The number of aromatic nitrogens is 1. The van der Waals surface area contributed by atoms with Crippen LogP contribution in [0.15, 0.2) is 24.4 Å². The maximum absolute atomic E-state index is 12.7. The zero-order chi connectivity index (χ0) is 17.9. The minimum Gasteiger partial charge on any atom is -0.356 e. The number of piperidine rings is 2. The highest BCUT2D eigenvalue weighted by molar-refractivity contribution is 5.83. The first kappa shape index (κ1) is 17.3. The average molecular weight is 356 g/mol. The molecule has 0 bridgehead atoms. The highest BCUT2D eigenvalue weighted by atomic mass is 16.2. The molecule has 2 saturated heterocycles. The Labute approximate surface area is 155 Å². The third-order valence-corrected chi connectivity index (χ3v) is 5.85. The van der Waals surface area contributed by atoms with Gasteiger partial charge >= 0.3 is 0 Å². The maximum atomic E-state index is 12.7. The van der Waals surface area contributed by atoms with Crippen molar-refractivity contribution >= 4 is 17.6 Å². The minimum absolute atomic E-state index is 0.0414. The molecule has 140 valence electrons. The Bertz CT molecular complexity index is 638. The first-order valence-corrected chi connectivity index (χ1v) is 9.96. The van der Waals surface area contributed by atoms with E-state index < -0.39 is 0 Å². The van der Waals surface area contributed by atoms with Crippen LogP contribution in [0.2, 0.25) is 0 Å². The van der Waals surface area contributed by atoms with Crippen LogP contribution in [0.5, 0.6) is 0 Å². The molecular formula is C20H28N4O2. The molecule has 1 atom stereocenters. The SMILES string of the molecule is O=C(NC1CCN(c2ccccn2)CC1)C1CCCN(C(=O)C2CC2)C1. The van der Waals surface area contributed by atoms with Gasteiger partial charge in [-0.1, -0.05) is 6.07 Å². The van der Waals surface area contributed by atoms with Crippen LogP contribution in [0.4, 0.5) is 5.82 Å². The molecule has 6 heteroatoms. The Morgan fingerprint density at radius 2 is 1.81 bits per heavy atom. The molecule has 3 fully saturated rings. The van der Waals surface area contributed by atoms with E-state index in [1.54, 1.807) is 0 Å². The fourth-order valence-corrected chi connectivity index (χ4v) is 4.09. The normalized spacial score (nSPS) is 24.4. The molecule has 0 spiro atoms. The summed E-state index contributed by atoms with van der Waals surface area (Å²) in [6.45, 7) is 3.26. The van der Waals surface area contributed by atoms with E-state index in [1.165, 1.54) is 0 Å². The smallest absolute Gasteiger partial charge is 0.225 e. The summed E-state index contributed by atoms with van der Waals surface area (Å²) in [5, 5.41) is 3.24. The highest BCUT2D eigenvalue weighted by Crippen LogP contribution is 2.32. The van der Waals surface area contributed by atoms with Crippen molar-refractivity contribution in [2.24, 2.45) is 11.8 Å². The van der Waals surface area contributed by atoms with Gasteiger partial charge in [0.05, 0.1) is 5.92 Å². The van der Waals surface area contributed by atoms with Gasteiger partial charge in [-0.25, -0.2) is 4.98 Å². The molecule has 3 heterocycles. The van der Waals surface area contributed by atoms with Gasteiger partial charge < -0.3 is 15.1 Å². The van der Waals surface area contributed by atoms with Crippen molar-refractivity contribution in [2.45, 2.75) is 44.6 Å². The van der Waals surface area contributed by atoms with Gasteiger partial charge in [0.1, 0.15) is 5.82 Å². The Kier molecular flexibility index (Phi) is 5.09. The number of rotatable bonds is 4. The van der Waals surface area contributed by atoms with Gasteiger partial charge in [0.25, 0.3) is 0 Å². The average Bonchev–Trinajstić information content (AvgIpc) is 3.54. The van der Waals surface area contributed by atoms with Gasteiger partial charge in [0.2, 0.25) is 11.8 Å². The molecule has 0 radical (unpaired) electrons. The van der Waals surface area contributed by atoms with Crippen molar-refractivity contribution < 1.29 is 9.59 Å². The molecular weight excluding hydrogens is 328 g/mol.